The molecule has 1 aliphatic heterocycles. The maximum absolute atomic E-state index is 13.1. The minimum absolute atomic E-state index is 0.0336. The molecule has 0 aliphatic carbocycles. The summed E-state index contributed by atoms with van der Waals surface area (Å²) < 4.78 is 28.5. The van der Waals surface area contributed by atoms with Crippen LogP contribution in [-0.4, -0.2) is 56.8 Å². The minimum atomic E-state index is -3.85. The number of aryl methyl sites for hydroxylation is 1. The average Bonchev–Trinajstić information content (AvgIpc) is 3.32. The molecule has 1 amide bonds. The number of piperazine rings is 1. The number of anilines is 1. The first-order chi connectivity index (χ1) is 15.9. The van der Waals surface area contributed by atoms with Gasteiger partial charge in [0.25, 0.3) is 15.9 Å². The lowest BCUT2D eigenvalue weighted by molar-refractivity contribution is 0.0651. The number of hydrogen-bond donors (Lipinski definition) is 1. The van der Waals surface area contributed by atoms with Gasteiger partial charge in [-0.3, -0.25) is 14.4 Å². The van der Waals surface area contributed by atoms with E-state index in [1.54, 1.807) is 22.4 Å². The zero-order valence-electron chi connectivity index (χ0n) is 18.5. The number of amides is 1. The van der Waals surface area contributed by atoms with Crippen molar-refractivity contribution in [3.05, 3.63) is 88.1 Å². The molecule has 6 nitrogen and oxygen atoms in total. The van der Waals surface area contributed by atoms with E-state index in [2.05, 4.69) is 33.9 Å². The van der Waals surface area contributed by atoms with Gasteiger partial charge in [-0.25, -0.2) is 8.42 Å². The van der Waals surface area contributed by atoms with Crippen LogP contribution in [0.1, 0.15) is 20.8 Å². The Balaban J connectivity index is 1.36. The highest BCUT2D eigenvalue weighted by atomic mass is 32.2. The summed E-state index contributed by atoms with van der Waals surface area (Å²) in [6.45, 7) is 5.39. The Hall–Kier alpha value is -2.94. The molecule has 1 aromatic heterocycles. The van der Waals surface area contributed by atoms with E-state index in [0.717, 1.165) is 30.8 Å². The molecule has 2 heterocycles. The van der Waals surface area contributed by atoms with Gasteiger partial charge in [-0.2, -0.15) is 0 Å². The summed E-state index contributed by atoms with van der Waals surface area (Å²) in [4.78, 5) is 17.5. The van der Waals surface area contributed by atoms with Crippen LogP contribution < -0.4 is 4.72 Å². The topological polar surface area (TPSA) is 69.7 Å². The third kappa shape index (κ3) is 5.90. The first-order valence-corrected chi connectivity index (χ1v) is 13.2. The van der Waals surface area contributed by atoms with E-state index in [9.17, 15) is 13.2 Å². The molecule has 172 valence electrons. The lowest BCUT2D eigenvalue weighted by Gasteiger charge is -2.34. The van der Waals surface area contributed by atoms with E-state index >= 15 is 0 Å². The smallest absolute Gasteiger partial charge is 0.265 e. The predicted molar refractivity (Wildman–Crippen MR) is 134 cm³/mol. The molecule has 0 saturated carbocycles. The molecule has 1 saturated heterocycles. The fourth-order valence-corrected chi connectivity index (χ4v) is 6.12. The van der Waals surface area contributed by atoms with Crippen LogP contribution in [0.3, 0.4) is 0 Å². The number of nitrogens with one attached hydrogen (secondary N) is 1. The molecule has 3 aromatic rings. The Labute approximate surface area is 199 Å². The van der Waals surface area contributed by atoms with Gasteiger partial charge in [-0.05, 0) is 36.1 Å². The molecular weight excluding hydrogens is 454 g/mol. The van der Waals surface area contributed by atoms with Gasteiger partial charge in [0, 0.05) is 38.4 Å². The van der Waals surface area contributed by atoms with Crippen molar-refractivity contribution >= 4 is 39.0 Å². The van der Waals surface area contributed by atoms with Crippen LogP contribution in [0.25, 0.3) is 6.08 Å². The molecule has 1 N–H and O–H groups in total. The molecule has 0 unspecified atom stereocenters. The highest BCUT2D eigenvalue weighted by molar-refractivity contribution is 7.93. The first-order valence-electron chi connectivity index (χ1n) is 10.8. The van der Waals surface area contributed by atoms with Crippen molar-refractivity contribution in [3.63, 3.8) is 0 Å². The second-order valence-corrected chi connectivity index (χ2v) is 10.6. The fourth-order valence-electron chi connectivity index (χ4n) is 3.68. The van der Waals surface area contributed by atoms with E-state index in [1.165, 1.54) is 17.4 Å². The monoisotopic (exact) mass is 481 g/mol. The first kappa shape index (κ1) is 23.2. The number of benzene rings is 2. The van der Waals surface area contributed by atoms with E-state index in [4.69, 9.17) is 0 Å². The van der Waals surface area contributed by atoms with Gasteiger partial charge in [-0.15, -0.1) is 11.3 Å². The van der Waals surface area contributed by atoms with Crippen LogP contribution in [0.2, 0.25) is 0 Å². The zero-order valence-corrected chi connectivity index (χ0v) is 20.1. The summed E-state index contributed by atoms with van der Waals surface area (Å²) in [5.74, 6) is -0.228. The maximum Gasteiger partial charge on any atom is 0.265 e. The van der Waals surface area contributed by atoms with Crippen molar-refractivity contribution in [3.8, 4) is 0 Å². The molecular formula is C25H27N3O3S2. The van der Waals surface area contributed by atoms with Crippen molar-refractivity contribution in [1.82, 2.24) is 9.80 Å². The van der Waals surface area contributed by atoms with Crippen molar-refractivity contribution in [2.24, 2.45) is 0 Å². The molecule has 0 atom stereocenters. The summed E-state index contributed by atoms with van der Waals surface area (Å²) in [6, 6.07) is 18.8. The number of thiophene rings is 1. The van der Waals surface area contributed by atoms with Gasteiger partial charge in [0.2, 0.25) is 0 Å². The lowest BCUT2D eigenvalue weighted by Crippen LogP contribution is -2.48. The van der Waals surface area contributed by atoms with E-state index in [0.29, 0.717) is 18.8 Å². The Morgan fingerprint density at radius 3 is 2.39 bits per heavy atom. The Kier molecular flexibility index (Phi) is 7.27. The number of sulfonamides is 1. The third-order valence-electron chi connectivity index (χ3n) is 5.55. The highest BCUT2D eigenvalue weighted by Gasteiger charge is 2.29. The van der Waals surface area contributed by atoms with E-state index in [-0.39, 0.29) is 15.7 Å². The number of carbonyl (C=O) groups is 1. The molecule has 33 heavy (non-hydrogen) atoms. The Morgan fingerprint density at radius 1 is 1.00 bits per heavy atom. The van der Waals surface area contributed by atoms with Crippen LogP contribution >= 0.6 is 11.3 Å². The summed E-state index contributed by atoms with van der Waals surface area (Å²) in [7, 11) is -3.85. The number of nitrogens with zero attached hydrogens (tertiary/aromatic N) is 2. The summed E-state index contributed by atoms with van der Waals surface area (Å²) in [5.41, 5.74) is 2.68. The largest absolute Gasteiger partial charge is 0.335 e. The van der Waals surface area contributed by atoms with Gasteiger partial charge < -0.3 is 4.90 Å². The van der Waals surface area contributed by atoms with Crippen molar-refractivity contribution in [1.29, 1.82) is 0 Å². The quantitative estimate of drug-likeness (QED) is 0.545. The van der Waals surface area contributed by atoms with Gasteiger partial charge in [0.15, 0.2) is 0 Å². The fraction of sp³-hybridized carbons (Fsp3) is 0.240. The molecule has 8 heteroatoms. The van der Waals surface area contributed by atoms with Crippen LogP contribution in [0.4, 0.5) is 5.69 Å². The molecule has 2 aromatic carbocycles. The predicted octanol–water partition coefficient (Wildman–Crippen LogP) is 4.33. The molecule has 0 radical (unpaired) electrons. The second kappa shape index (κ2) is 10.3. The average molecular weight is 482 g/mol. The minimum Gasteiger partial charge on any atom is -0.335 e. The van der Waals surface area contributed by atoms with E-state index in [1.807, 2.05) is 37.3 Å². The van der Waals surface area contributed by atoms with Crippen LogP contribution in [0.5, 0.6) is 0 Å². The molecule has 1 fully saturated rings. The maximum atomic E-state index is 13.1. The van der Waals surface area contributed by atoms with Crippen LogP contribution in [0, 0.1) is 6.92 Å². The van der Waals surface area contributed by atoms with Crippen molar-refractivity contribution in [2.45, 2.75) is 11.8 Å². The Morgan fingerprint density at radius 2 is 1.70 bits per heavy atom. The lowest BCUT2D eigenvalue weighted by atomic mass is 10.2. The van der Waals surface area contributed by atoms with Crippen molar-refractivity contribution in [2.75, 3.05) is 37.4 Å². The molecule has 0 bridgehead atoms. The van der Waals surface area contributed by atoms with Crippen LogP contribution in [-0.2, 0) is 10.0 Å². The second-order valence-electron chi connectivity index (χ2n) is 7.99. The van der Waals surface area contributed by atoms with Gasteiger partial charge in [0.1, 0.15) is 9.77 Å². The SMILES string of the molecule is Cc1ccc(NS(=O)(=O)c2ccsc2C(=O)N2CCN(C/C=C/c3ccccc3)CC2)cc1. The normalized spacial score (nSPS) is 15.1. The number of carbonyl (C=O) groups excluding carboxylic acids is 1. The third-order valence-corrected chi connectivity index (χ3v) is 8.00. The van der Waals surface area contributed by atoms with Crippen LogP contribution in [0.15, 0.2) is 77.0 Å². The zero-order chi connectivity index (χ0) is 23.3. The van der Waals surface area contributed by atoms with Gasteiger partial charge >= 0.3 is 0 Å². The molecule has 1 aliphatic rings. The molecule has 4 rings (SSSR count). The highest BCUT2D eigenvalue weighted by Crippen LogP contribution is 2.26. The van der Waals surface area contributed by atoms with E-state index < -0.39 is 10.0 Å². The summed E-state index contributed by atoms with van der Waals surface area (Å²) in [5, 5.41) is 1.65. The standard InChI is InChI=1S/C25H27N3O3S2/c1-20-9-11-22(12-10-20)26-33(30,31)23-13-19-32-24(23)25(29)28-17-15-27(16-18-28)14-5-8-21-6-3-2-4-7-21/h2-13,19,26H,14-18H2,1H3/b8-5+. The summed E-state index contributed by atoms with van der Waals surface area (Å²) >= 11 is 1.17. The number of hydrogen-bond acceptors (Lipinski definition) is 5. The number of rotatable bonds is 7. The van der Waals surface area contributed by atoms with Gasteiger partial charge in [0.05, 0.1) is 0 Å². The summed E-state index contributed by atoms with van der Waals surface area (Å²) in [6.07, 6.45) is 4.23. The molecule has 0 spiro atoms. The van der Waals surface area contributed by atoms with Crippen molar-refractivity contribution < 1.29 is 13.2 Å². The Bertz CT molecular complexity index is 1210. The van der Waals surface area contributed by atoms with Gasteiger partial charge in [-0.1, -0.05) is 60.2 Å².